The molecule has 2 amide bonds. The Morgan fingerprint density at radius 1 is 1.00 bits per heavy atom. The van der Waals surface area contributed by atoms with Crippen LogP contribution in [0.25, 0.3) is 0 Å². The summed E-state index contributed by atoms with van der Waals surface area (Å²) in [6.07, 6.45) is 0. The van der Waals surface area contributed by atoms with Crippen molar-refractivity contribution in [2.75, 3.05) is 32.3 Å². The first-order valence-corrected chi connectivity index (χ1v) is 10.3. The van der Waals surface area contributed by atoms with Crippen molar-refractivity contribution in [3.63, 3.8) is 0 Å². The van der Waals surface area contributed by atoms with E-state index in [4.69, 9.17) is 19.3 Å². The maximum absolute atomic E-state index is 13.2. The zero-order chi connectivity index (χ0) is 24.8. The Kier molecular flexibility index (Phi) is 7.64. The molecule has 0 aliphatic carbocycles. The van der Waals surface area contributed by atoms with Gasteiger partial charge in [0.25, 0.3) is 0 Å². The summed E-state index contributed by atoms with van der Waals surface area (Å²) in [4.78, 5) is 51.1. The predicted molar refractivity (Wildman–Crippen MR) is 120 cm³/mol. The predicted octanol–water partition coefficient (Wildman–Crippen LogP) is 2.91. The molecule has 0 spiro atoms. The summed E-state index contributed by atoms with van der Waals surface area (Å²) >= 11 is 0. The van der Waals surface area contributed by atoms with Gasteiger partial charge in [0.2, 0.25) is 0 Å². The average molecular weight is 468 g/mol. The maximum Gasteiger partial charge on any atom is 0.338 e. The van der Waals surface area contributed by atoms with E-state index in [1.165, 1.54) is 49.5 Å². The fourth-order valence-electron chi connectivity index (χ4n) is 3.64. The molecule has 34 heavy (non-hydrogen) atoms. The van der Waals surface area contributed by atoms with Crippen molar-refractivity contribution in [3.05, 3.63) is 76.5 Å². The Balaban J connectivity index is 2.13. The molecule has 1 unspecified atom stereocenters. The number of carbonyl (C=O) groups excluding carboxylic acids is 3. The molecule has 3 rings (SSSR count). The number of nitrogens with one attached hydrogen (secondary N) is 1. The number of hydrogen-bond donors (Lipinski definition) is 2. The van der Waals surface area contributed by atoms with Gasteiger partial charge in [0.05, 0.1) is 42.1 Å². The van der Waals surface area contributed by atoms with Gasteiger partial charge in [-0.25, -0.2) is 19.2 Å². The number of carboxylic acid groups (broad SMARTS) is 1. The lowest BCUT2D eigenvalue weighted by Gasteiger charge is -2.35. The molecule has 2 aromatic carbocycles. The van der Waals surface area contributed by atoms with E-state index in [2.05, 4.69) is 5.32 Å². The Bertz CT molecular complexity index is 1140. The normalized spacial score (nSPS) is 15.6. The van der Waals surface area contributed by atoms with Gasteiger partial charge in [-0.3, -0.25) is 4.90 Å². The van der Waals surface area contributed by atoms with Crippen LogP contribution in [0.2, 0.25) is 0 Å². The molecule has 0 radical (unpaired) electrons. The third-order valence-electron chi connectivity index (χ3n) is 5.27. The molecule has 0 saturated heterocycles. The van der Waals surface area contributed by atoms with E-state index in [0.29, 0.717) is 11.3 Å². The van der Waals surface area contributed by atoms with Crippen LogP contribution in [0.1, 0.15) is 39.2 Å². The van der Waals surface area contributed by atoms with E-state index in [1.807, 2.05) is 0 Å². The molecule has 1 atom stereocenters. The van der Waals surface area contributed by atoms with Gasteiger partial charge in [0, 0.05) is 12.8 Å². The van der Waals surface area contributed by atoms with E-state index in [9.17, 15) is 19.2 Å². The number of carbonyl (C=O) groups is 4. The van der Waals surface area contributed by atoms with Crippen molar-refractivity contribution >= 4 is 29.6 Å². The molecule has 0 aromatic heterocycles. The molecule has 2 aromatic rings. The van der Waals surface area contributed by atoms with Crippen molar-refractivity contribution in [3.8, 4) is 0 Å². The Morgan fingerprint density at radius 3 is 2.29 bits per heavy atom. The molecule has 0 bridgehead atoms. The first-order valence-electron chi connectivity index (χ1n) is 10.3. The van der Waals surface area contributed by atoms with Crippen LogP contribution < -0.4 is 10.2 Å². The van der Waals surface area contributed by atoms with Crippen molar-refractivity contribution in [1.82, 2.24) is 5.32 Å². The standard InChI is InChI=1S/C24H24N2O8/c1-14-19(23(30)34-13-12-32-2)20(17-6-4-5-7-18(17)22(29)33-3)25-24(31)26(14)16-10-8-15(9-11-16)21(27)28/h4-11,20H,12-13H2,1-3H3,(H,25,31)(H,27,28). The highest BCUT2D eigenvalue weighted by Gasteiger charge is 2.38. The molecular formula is C24H24N2O8. The number of methoxy groups -OCH3 is 2. The number of ether oxygens (including phenoxy) is 3. The molecule has 10 nitrogen and oxygen atoms in total. The third-order valence-corrected chi connectivity index (χ3v) is 5.27. The lowest BCUT2D eigenvalue weighted by Crippen LogP contribution is -2.48. The van der Waals surface area contributed by atoms with Gasteiger partial charge >= 0.3 is 23.9 Å². The van der Waals surface area contributed by atoms with Crippen LogP contribution in [0.3, 0.4) is 0 Å². The number of carboxylic acids is 1. The van der Waals surface area contributed by atoms with Gasteiger partial charge in [-0.1, -0.05) is 18.2 Å². The van der Waals surface area contributed by atoms with Crippen molar-refractivity contribution in [2.45, 2.75) is 13.0 Å². The minimum atomic E-state index is -1.11. The van der Waals surface area contributed by atoms with Crippen LogP contribution in [0.5, 0.6) is 0 Å². The maximum atomic E-state index is 13.2. The van der Waals surface area contributed by atoms with Crippen LogP contribution in [0.15, 0.2) is 59.8 Å². The number of aromatic carboxylic acids is 1. The van der Waals surface area contributed by atoms with Gasteiger partial charge < -0.3 is 24.6 Å². The number of rotatable bonds is 8. The number of anilines is 1. The Morgan fingerprint density at radius 2 is 1.68 bits per heavy atom. The monoisotopic (exact) mass is 468 g/mol. The van der Waals surface area contributed by atoms with Crippen molar-refractivity contribution in [1.29, 1.82) is 0 Å². The van der Waals surface area contributed by atoms with Gasteiger partial charge in [0.1, 0.15) is 6.61 Å². The zero-order valence-electron chi connectivity index (χ0n) is 18.9. The SMILES string of the molecule is COCCOC(=O)C1=C(C)N(c2ccc(C(=O)O)cc2)C(=O)NC1c1ccccc1C(=O)OC. The first-order chi connectivity index (χ1) is 16.3. The van der Waals surface area contributed by atoms with Crippen LogP contribution in [0, 0.1) is 0 Å². The first kappa shape index (κ1) is 24.5. The molecule has 1 aliphatic heterocycles. The average Bonchev–Trinajstić information content (AvgIpc) is 2.83. The highest BCUT2D eigenvalue weighted by atomic mass is 16.6. The van der Waals surface area contributed by atoms with Crippen LogP contribution >= 0.6 is 0 Å². The van der Waals surface area contributed by atoms with Crippen LogP contribution in [-0.2, 0) is 19.0 Å². The van der Waals surface area contributed by atoms with Gasteiger partial charge in [-0.2, -0.15) is 0 Å². The summed E-state index contributed by atoms with van der Waals surface area (Å²) in [5.74, 6) is -2.43. The quantitative estimate of drug-likeness (QED) is 0.447. The van der Waals surface area contributed by atoms with Gasteiger partial charge in [-0.15, -0.1) is 0 Å². The Hall–Kier alpha value is -4.18. The van der Waals surface area contributed by atoms with Crippen molar-refractivity contribution in [2.24, 2.45) is 0 Å². The molecule has 2 N–H and O–H groups in total. The van der Waals surface area contributed by atoms with Gasteiger partial charge in [0.15, 0.2) is 0 Å². The van der Waals surface area contributed by atoms with Crippen LogP contribution in [0.4, 0.5) is 10.5 Å². The van der Waals surface area contributed by atoms with E-state index < -0.39 is 30.0 Å². The molecule has 0 saturated carbocycles. The largest absolute Gasteiger partial charge is 0.478 e. The lowest BCUT2D eigenvalue weighted by atomic mass is 9.91. The smallest absolute Gasteiger partial charge is 0.338 e. The number of benzene rings is 2. The summed E-state index contributed by atoms with van der Waals surface area (Å²) in [5.41, 5.74) is 1.31. The second-order valence-electron chi connectivity index (χ2n) is 7.28. The minimum Gasteiger partial charge on any atom is -0.478 e. The van der Waals surface area contributed by atoms with Gasteiger partial charge in [-0.05, 0) is 42.8 Å². The summed E-state index contributed by atoms with van der Waals surface area (Å²) in [6.45, 7) is 1.73. The number of esters is 2. The summed E-state index contributed by atoms with van der Waals surface area (Å²) in [6, 6.07) is 10.5. The molecule has 1 heterocycles. The lowest BCUT2D eigenvalue weighted by molar-refractivity contribution is -0.140. The molecule has 0 fully saturated rings. The number of allylic oxidation sites excluding steroid dienone is 1. The molecular weight excluding hydrogens is 444 g/mol. The number of hydrogen-bond acceptors (Lipinski definition) is 7. The van der Waals surface area contributed by atoms with E-state index in [0.717, 1.165) is 0 Å². The number of amides is 2. The van der Waals surface area contributed by atoms with E-state index in [-0.39, 0.29) is 35.6 Å². The van der Waals surface area contributed by atoms with E-state index >= 15 is 0 Å². The summed E-state index contributed by atoms with van der Waals surface area (Å²) < 4.78 is 15.1. The number of nitrogens with zero attached hydrogens (tertiary/aromatic N) is 1. The molecule has 178 valence electrons. The topological polar surface area (TPSA) is 131 Å². The van der Waals surface area contributed by atoms with Crippen molar-refractivity contribution < 1.29 is 38.5 Å². The second kappa shape index (κ2) is 10.6. The highest BCUT2D eigenvalue weighted by molar-refractivity contribution is 6.04. The second-order valence-corrected chi connectivity index (χ2v) is 7.28. The minimum absolute atomic E-state index is 0.0151. The summed E-state index contributed by atoms with van der Waals surface area (Å²) in [7, 11) is 2.71. The Labute approximate surface area is 195 Å². The zero-order valence-corrected chi connectivity index (χ0v) is 18.9. The third kappa shape index (κ3) is 4.91. The van der Waals surface area contributed by atoms with E-state index in [1.54, 1.807) is 25.1 Å². The summed E-state index contributed by atoms with van der Waals surface area (Å²) in [5, 5.41) is 11.9. The highest BCUT2D eigenvalue weighted by Crippen LogP contribution is 2.35. The fraction of sp³-hybridized carbons (Fsp3) is 0.250. The fourth-order valence-corrected chi connectivity index (χ4v) is 3.64. The van der Waals surface area contributed by atoms with Crippen LogP contribution in [-0.4, -0.2) is 56.5 Å². The molecule has 10 heteroatoms. The molecule has 1 aliphatic rings. The number of urea groups is 1.